The summed E-state index contributed by atoms with van der Waals surface area (Å²) in [5, 5.41) is 2.61. The molecule has 0 aromatic heterocycles. The summed E-state index contributed by atoms with van der Waals surface area (Å²) >= 11 is 0. The first-order valence-electron chi connectivity index (χ1n) is 7.96. The minimum Gasteiger partial charge on any atom is -0.496 e. The zero-order chi connectivity index (χ0) is 19.8. The van der Waals surface area contributed by atoms with E-state index < -0.39 is 24.3 Å². The number of esters is 1. The minimum atomic E-state index is -0.784. The fourth-order valence-corrected chi connectivity index (χ4v) is 2.31. The maximum atomic E-state index is 13.1. The van der Waals surface area contributed by atoms with Gasteiger partial charge in [0.1, 0.15) is 11.6 Å². The first-order valence-corrected chi connectivity index (χ1v) is 7.96. The molecule has 2 rings (SSSR count). The third-order valence-electron chi connectivity index (χ3n) is 3.66. The lowest BCUT2D eigenvalue weighted by atomic mass is 10.1. The van der Waals surface area contributed by atoms with Crippen LogP contribution in [0.5, 0.6) is 17.2 Å². The second kappa shape index (κ2) is 9.42. The van der Waals surface area contributed by atoms with E-state index in [1.807, 2.05) is 0 Å². The Balaban J connectivity index is 1.94. The van der Waals surface area contributed by atoms with Gasteiger partial charge in [0.25, 0.3) is 5.91 Å². The number of rotatable bonds is 8. The van der Waals surface area contributed by atoms with Crippen molar-refractivity contribution < 1.29 is 32.9 Å². The number of benzene rings is 2. The molecular weight excluding hydrogens is 357 g/mol. The maximum absolute atomic E-state index is 13.1. The first kappa shape index (κ1) is 20.0. The fraction of sp³-hybridized carbons (Fsp3) is 0.263. The Kier molecular flexibility index (Phi) is 6.99. The molecule has 0 spiro atoms. The van der Waals surface area contributed by atoms with Crippen LogP contribution in [0.2, 0.25) is 0 Å². The van der Waals surface area contributed by atoms with E-state index in [4.69, 9.17) is 18.9 Å². The number of carbonyl (C=O) groups is 2. The van der Waals surface area contributed by atoms with Gasteiger partial charge in [-0.05, 0) is 24.3 Å². The second-order valence-electron chi connectivity index (χ2n) is 5.38. The molecule has 1 N–H and O–H groups in total. The van der Waals surface area contributed by atoms with Crippen LogP contribution in [0.3, 0.4) is 0 Å². The molecule has 2 aromatic rings. The van der Waals surface area contributed by atoms with Gasteiger partial charge in [0.2, 0.25) is 0 Å². The number of methoxy groups -OCH3 is 3. The van der Waals surface area contributed by atoms with Crippen molar-refractivity contribution in [2.75, 3.05) is 27.9 Å². The standard InChI is InChI=1S/C19H20FNO6/c1-24-15-9-17(26-3)16(25-2)8-13(15)10-21-18(22)11-27-19(23)12-5-4-6-14(20)7-12/h4-9H,10-11H2,1-3H3,(H,21,22). The Bertz CT molecular complexity index is 824. The molecule has 0 radical (unpaired) electrons. The number of halogens is 1. The lowest BCUT2D eigenvalue weighted by molar-refractivity contribution is -0.124. The quantitative estimate of drug-likeness (QED) is 0.711. The second-order valence-corrected chi connectivity index (χ2v) is 5.38. The summed E-state index contributed by atoms with van der Waals surface area (Å²) < 4.78 is 33.7. The maximum Gasteiger partial charge on any atom is 0.338 e. The van der Waals surface area contributed by atoms with Crippen LogP contribution in [0.4, 0.5) is 4.39 Å². The molecule has 0 saturated carbocycles. The lowest BCUT2D eigenvalue weighted by Crippen LogP contribution is -2.28. The van der Waals surface area contributed by atoms with Gasteiger partial charge in [-0.25, -0.2) is 9.18 Å². The van der Waals surface area contributed by atoms with E-state index in [-0.39, 0.29) is 12.1 Å². The van der Waals surface area contributed by atoms with Crippen molar-refractivity contribution in [3.8, 4) is 17.2 Å². The first-order chi connectivity index (χ1) is 13.0. The Morgan fingerprint density at radius 3 is 2.26 bits per heavy atom. The monoisotopic (exact) mass is 377 g/mol. The van der Waals surface area contributed by atoms with Crippen molar-refractivity contribution >= 4 is 11.9 Å². The van der Waals surface area contributed by atoms with Gasteiger partial charge in [0.15, 0.2) is 18.1 Å². The van der Waals surface area contributed by atoms with Crippen LogP contribution in [0.25, 0.3) is 0 Å². The predicted octanol–water partition coefficient (Wildman–Crippen LogP) is 2.32. The highest BCUT2D eigenvalue weighted by molar-refractivity contribution is 5.91. The minimum absolute atomic E-state index is 0.0318. The van der Waals surface area contributed by atoms with Crippen molar-refractivity contribution in [1.82, 2.24) is 5.32 Å². The lowest BCUT2D eigenvalue weighted by Gasteiger charge is -2.14. The van der Waals surface area contributed by atoms with E-state index in [9.17, 15) is 14.0 Å². The molecule has 144 valence electrons. The van der Waals surface area contributed by atoms with E-state index in [0.29, 0.717) is 22.8 Å². The third-order valence-corrected chi connectivity index (χ3v) is 3.66. The molecule has 8 heteroatoms. The Labute approximate surface area is 156 Å². The number of carbonyl (C=O) groups excluding carboxylic acids is 2. The van der Waals surface area contributed by atoms with Gasteiger partial charge in [-0.15, -0.1) is 0 Å². The highest BCUT2D eigenvalue weighted by Crippen LogP contribution is 2.34. The SMILES string of the molecule is COc1cc(OC)c(OC)cc1CNC(=O)COC(=O)c1cccc(F)c1. The molecule has 7 nitrogen and oxygen atoms in total. The molecule has 0 aliphatic rings. The average molecular weight is 377 g/mol. The number of hydrogen-bond acceptors (Lipinski definition) is 6. The summed E-state index contributed by atoms with van der Waals surface area (Å²) in [6.07, 6.45) is 0. The molecule has 2 aromatic carbocycles. The molecule has 0 saturated heterocycles. The van der Waals surface area contributed by atoms with Crippen molar-refractivity contribution in [2.24, 2.45) is 0 Å². The van der Waals surface area contributed by atoms with E-state index in [1.165, 1.54) is 39.5 Å². The molecular formula is C19H20FNO6. The van der Waals surface area contributed by atoms with E-state index >= 15 is 0 Å². The summed E-state index contributed by atoms with van der Waals surface area (Å²) in [7, 11) is 4.50. The van der Waals surface area contributed by atoms with Gasteiger partial charge in [-0.3, -0.25) is 4.79 Å². The highest BCUT2D eigenvalue weighted by Gasteiger charge is 2.14. The average Bonchev–Trinajstić information content (AvgIpc) is 2.69. The van der Waals surface area contributed by atoms with Gasteiger partial charge in [-0.2, -0.15) is 0 Å². The normalized spacial score (nSPS) is 10.1. The van der Waals surface area contributed by atoms with Crippen LogP contribution in [-0.2, 0) is 16.1 Å². The van der Waals surface area contributed by atoms with Crippen molar-refractivity contribution in [3.63, 3.8) is 0 Å². The van der Waals surface area contributed by atoms with Crippen molar-refractivity contribution in [3.05, 3.63) is 53.3 Å². The van der Waals surface area contributed by atoms with Gasteiger partial charge in [0.05, 0.1) is 26.9 Å². The van der Waals surface area contributed by atoms with E-state index in [0.717, 1.165) is 6.07 Å². The smallest absolute Gasteiger partial charge is 0.338 e. The van der Waals surface area contributed by atoms with Crippen LogP contribution in [-0.4, -0.2) is 39.8 Å². The van der Waals surface area contributed by atoms with Crippen LogP contribution in [0.1, 0.15) is 15.9 Å². The predicted molar refractivity (Wildman–Crippen MR) is 94.6 cm³/mol. The summed E-state index contributed by atoms with van der Waals surface area (Å²) in [5.41, 5.74) is 0.685. The Morgan fingerprint density at radius 1 is 0.963 bits per heavy atom. The summed E-state index contributed by atoms with van der Waals surface area (Å²) in [6, 6.07) is 8.35. The molecule has 0 heterocycles. The molecule has 0 atom stereocenters. The van der Waals surface area contributed by atoms with Crippen LogP contribution in [0.15, 0.2) is 36.4 Å². The molecule has 0 aliphatic heterocycles. The zero-order valence-corrected chi connectivity index (χ0v) is 15.2. The molecule has 0 fully saturated rings. The van der Waals surface area contributed by atoms with E-state index in [2.05, 4.69) is 5.32 Å². The molecule has 1 amide bonds. The van der Waals surface area contributed by atoms with E-state index in [1.54, 1.807) is 12.1 Å². The topological polar surface area (TPSA) is 83.1 Å². The van der Waals surface area contributed by atoms with Crippen molar-refractivity contribution in [2.45, 2.75) is 6.54 Å². The Morgan fingerprint density at radius 2 is 1.63 bits per heavy atom. The summed E-state index contributed by atoms with van der Waals surface area (Å²) in [6.45, 7) is -0.370. The fourth-order valence-electron chi connectivity index (χ4n) is 2.31. The highest BCUT2D eigenvalue weighted by atomic mass is 19.1. The molecule has 27 heavy (non-hydrogen) atoms. The number of nitrogens with one attached hydrogen (secondary N) is 1. The number of hydrogen-bond donors (Lipinski definition) is 1. The molecule has 0 unspecified atom stereocenters. The largest absolute Gasteiger partial charge is 0.496 e. The van der Waals surface area contributed by atoms with Gasteiger partial charge in [-0.1, -0.05) is 6.07 Å². The van der Waals surface area contributed by atoms with Crippen LogP contribution >= 0.6 is 0 Å². The third kappa shape index (κ3) is 5.34. The molecule has 0 aliphatic carbocycles. The molecule has 0 bridgehead atoms. The summed E-state index contributed by atoms with van der Waals surface area (Å²) in [5.74, 6) is -0.377. The van der Waals surface area contributed by atoms with Gasteiger partial charge < -0.3 is 24.3 Å². The van der Waals surface area contributed by atoms with Gasteiger partial charge >= 0.3 is 5.97 Å². The van der Waals surface area contributed by atoms with Crippen molar-refractivity contribution in [1.29, 1.82) is 0 Å². The Hall–Kier alpha value is -3.29. The zero-order valence-electron chi connectivity index (χ0n) is 15.2. The van der Waals surface area contributed by atoms with Gasteiger partial charge in [0, 0.05) is 18.2 Å². The number of ether oxygens (including phenoxy) is 4. The van der Waals surface area contributed by atoms with Crippen LogP contribution < -0.4 is 19.5 Å². The number of amides is 1. The van der Waals surface area contributed by atoms with Crippen LogP contribution in [0, 0.1) is 5.82 Å². The summed E-state index contributed by atoms with van der Waals surface area (Å²) in [4.78, 5) is 23.7.